The van der Waals surface area contributed by atoms with Gasteiger partial charge in [0.1, 0.15) is 0 Å². The SMILES string of the molecule is O=C(NCC#Cc1cccc(C(F)(F)F)c1)C1CCS(=O)(=O)C1. The second-order valence-corrected chi connectivity index (χ2v) is 7.43. The van der Waals surface area contributed by atoms with Gasteiger partial charge >= 0.3 is 6.18 Å². The first-order valence-corrected chi connectivity index (χ1v) is 8.64. The van der Waals surface area contributed by atoms with E-state index in [2.05, 4.69) is 17.2 Å². The molecule has 0 spiro atoms. The van der Waals surface area contributed by atoms with Crippen molar-refractivity contribution in [2.75, 3.05) is 18.1 Å². The molecule has 1 heterocycles. The molecule has 0 aromatic heterocycles. The number of sulfone groups is 1. The third-order valence-corrected chi connectivity index (χ3v) is 5.14. The fourth-order valence-electron chi connectivity index (χ4n) is 2.20. The number of amides is 1. The summed E-state index contributed by atoms with van der Waals surface area (Å²) in [5, 5.41) is 2.48. The smallest absolute Gasteiger partial charge is 0.345 e. The average molecular weight is 345 g/mol. The number of hydrogen-bond donors (Lipinski definition) is 1. The van der Waals surface area contributed by atoms with Crippen LogP contribution in [-0.2, 0) is 20.8 Å². The highest BCUT2D eigenvalue weighted by molar-refractivity contribution is 7.91. The summed E-state index contributed by atoms with van der Waals surface area (Å²) in [7, 11) is -3.14. The third-order valence-electron chi connectivity index (χ3n) is 3.38. The van der Waals surface area contributed by atoms with Crippen molar-refractivity contribution in [2.24, 2.45) is 5.92 Å². The summed E-state index contributed by atoms with van der Waals surface area (Å²) in [6, 6.07) is 4.58. The molecule has 1 unspecified atom stereocenters. The van der Waals surface area contributed by atoms with Gasteiger partial charge in [0.05, 0.1) is 29.5 Å². The lowest BCUT2D eigenvalue weighted by Gasteiger charge is -2.06. The second-order valence-electron chi connectivity index (χ2n) is 5.20. The molecule has 23 heavy (non-hydrogen) atoms. The first-order valence-electron chi connectivity index (χ1n) is 6.82. The normalized spacial score (nSPS) is 19.7. The number of benzene rings is 1. The molecule has 4 nitrogen and oxygen atoms in total. The molecule has 1 aromatic rings. The van der Waals surface area contributed by atoms with Crippen LogP contribution in [0.5, 0.6) is 0 Å². The third kappa shape index (κ3) is 4.99. The fourth-order valence-corrected chi connectivity index (χ4v) is 3.94. The van der Waals surface area contributed by atoms with Crippen LogP contribution in [-0.4, -0.2) is 32.4 Å². The molecule has 1 aliphatic rings. The number of carbonyl (C=O) groups excluding carboxylic acids is 1. The lowest BCUT2D eigenvalue weighted by Crippen LogP contribution is -2.31. The molecule has 1 amide bonds. The molecule has 0 radical (unpaired) electrons. The van der Waals surface area contributed by atoms with Crippen molar-refractivity contribution in [3.63, 3.8) is 0 Å². The van der Waals surface area contributed by atoms with Crippen LogP contribution in [0.25, 0.3) is 0 Å². The predicted octanol–water partition coefficient (Wildman–Crippen LogP) is 1.61. The van der Waals surface area contributed by atoms with Crippen molar-refractivity contribution >= 4 is 15.7 Å². The molecule has 8 heteroatoms. The lowest BCUT2D eigenvalue weighted by atomic mass is 10.1. The minimum absolute atomic E-state index is 0.000992. The van der Waals surface area contributed by atoms with E-state index in [1.165, 1.54) is 12.1 Å². The topological polar surface area (TPSA) is 63.2 Å². The Kier molecular flexibility index (Phi) is 5.00. The van der Waals surface area contributed by atoms with Gasteiger partial charge in [0.15, 0.2) is 9.84 Å². The highest BCUT2D eigenvalue weighted by Crippen LogP contribution is 2.29. The summed E-state index contributed by atoms with van der Waals surface area (Å²) in [6.45, 7) is -0.0500. The second kappa shape index (κ2) is 6.62. The van der Waals surface area contributed by atoms with Crippen molar-refractivity contribution in [2.45, 2.75) is 12.6 Å². The highest BCUT2D eigenvalue weighted by atomic mass is 32.2. The van der Waals surface area contributed by atoms with Crippen LogP contribution in [0.2, 0.25) is 0 Å². The van der Waals surface area contributed by atoms with Gasteiger partial charge in [-0.2, -0.15) is 13.2 Å². The summed E-state index contributed by atoms with van der Waals surface area (Å²) >= 11 is 0. The van der Waals surface area contributed by atoms with Gasteiger partial charge in [0.25, 0.3) is 0 Å². The zero-order valence-electron chi connectivity index (χ0n) is 12.0. The van der Waals surface area contributed by atoms with Gasteiger partial charge in [-0.1, -0.05) is 17.9 Å². The van der Waals surface area contributed by atoms with Crippen molar-refractivity contribution in [1.82, 2.24) is 5.32 Å². The number of carbonyl (C=O) groups is 1. The Balaban J connectivity index is 1.90. The van der Waals surface area contributed by atoms with Crippen LogP contribution in [0.1, 0.15) is 17.5 Å². The maximum atomic E-state index is 12.5. The van der Waals surface area contributed by atoms with Crippen LogP contribution in [0.4, 0.5) is 13.2 Å². The van der Waals surface area contributed by atoms with Crippen LogP contribution in [0.3, 0.4) is 0 Å². The zero-order chi connectivity index (χ0) is 17.1. The van der Waals surface area contributed by atoms with E-state index in [0.717, 1.165) is 12.1 Å². The van der Waals surface area contributed by atoms with Crippen LogP contribution >= 0.6 is 0 Å². The van der Waals surface area contributed by atoms with Crippen molar-refractivity contribution < 1.29 is 26.4 Å². The van der Waals surface area contributed by atoms with Gasteiger partial charge in [-0.05, 0) is 24.6 Å². The number of halogens is 3. The fraction of sp³-hybridized carbons (Fsp3) is 0.400. The summed E-state index contributed by atoms with van der Waals surface area (Å²) < 4.78 is 60.2. The van der Waals surface area contributed by atoms with Gasteiger partial charge in [0.2, 0.25) is 5.91 Å². The minimum atomic E-state index is -4.43. The molecular weight excluding hydrogens is 331 g/mol. The highest BCUT2D eigenvalue weighted by Gasteiger charge is 2.32. The van der Waals surface area contributed by atoms with Crippen molar-refractivity contribution in [1.29, 1.82) is 0 Å². The Hall–Kier alpha value is -2.01. The quantitative estimate of drug-likeness (QED) is 0.829. The molecule has 1 aliphatic heterocycles. The summed E-state index contributed by atoms with van der Waals surface area (Å²) in [4.78, 5) is 11.7. The largest absolute Gasteiger partial charge is 0.416 e. The van der Waals surface area contributed by atoms with E-state index in [1.807, 2.05) is 0 Å². The van der Waals surface area contributed by atoms with Crippen LogP contribution in [0, 0.1) is 17.8 Å². The van der Waals surface area contributed by atoms with E-state index >= 15 is 0 Å². The predicted molar refractivity (Wildman–Crippen MR) is 78.1 cm³/mol. The minimum Gasteiger partial charge on any atom is -0.345 e. The number of alkyl halides is 3. The summed E-state index contributed by atoms with van der Waals surface area (Å²) in [6.07, 6.45) is -4.14. The first kappa shape index (κ1) is 17.3. The molecule has 1 saturated heterocycles. The Bertz CT molecular complexity index is 760. The molecular formula is C15H14F3NO3S. The van der Waals surface area contributed by atoms with E-state index in [4.69, 9.17) is 0 Å². The maximum Gasteiger partial charge on any atom is 0.416 e. The van der Waals surface area contributed by atoms with Gasteiger partial charge in [0, 0.05) is 5.56 Å². The molecule has 0 saturated carbocycles. The summed E-state index contributed by atoms with van der Waals surface area (Å²) in [5.74, 6) is 3.95. The number of nitrogens with one attached hydrogen (secondary N) is 1. The van der Waals surface area contributed by atoms with E-state index in [0.29, 0.717) is 0 Å². The van der Waals surface area contributed by atoms with Crippen LogP contribution in [0.15, 0.2) is 24.3 Å². The van der Waals surface area contributed by atoms with E-state index < -0.39 is 33.4 Å². The van der Waals surface area contributed by atoms with Crippen molar-refractivity contribution in [3.05, 3.63) is 35.4 Å². The Morgan fingerprint density at radius 1 is 1.35 bits per heavy atom. The van der Waals surface area contributed by atoms with E-state index in [1.54, 1.807) is 0 Å². The standard InChI is InChI=1S/C15H14F3NO3S/c16-15(17,18)13-5-1-3-11(9-13)4-2-7-19-14(20)12-6-8-23(21,22)10-12/h1,3,5,9,12H,6-8,10H2,(H,19,20). The maximum absolute atomic E-state index is 12.5. The Labute approximate surface area is 132 Å². The molecule has 1 N–H and O–H groups in total. The van der Waals surface area contributed by atoms with Gasteiger partial charge in [-0.3, -0.25) is 4.79 Å². The van der Waals surface area contributed by atoms with Crippen LogP contribution < -0.4 is 5.32 Å². The van der Waals surface area contributed by atoms with Gasteiger partial charge in [-0.15, -0.1) is 0 Å². The number of hydrogen-bond acceptors (Lipinski definition) is 3. The average Bonchev–Trinajstić information content (AvgIpc) is 2.83. The molecule has 124 valence electrons. The molecule has 2 rings (SSSR count). The molecule has 0 aliphatic carbocycles. The molecule has 1 fully saturated rings. The molecule has 1 atom stereocenters. The first-order chi connectivity index (χ1) is 10.7. The zero-order valence-corrected chi connectivity index (χ0v) is 12.8. The van der Waals surface area contributed by atoms with Crippen molar-refractivity contribution in [3.8, 4) is 11.8 Å². The number of rotatable bonds is 2. The Morgan fingerprint density at radius 2 is 2.09 bits per heavy atom. The monoisotopic (exact) mass is 345 g/mol. The summed E-state index contributed by atoms with van der Waals surface area (Å²) in [5.41, 5.74) is -0.595. The Morgan fingerprint density at radius 3 is 2.70 bits per heavy atom. The van der Waals surface area contributed by atoms with E-state index in [9.17, 15) is 26.4 Å². The van der Waals surface area contributed by atoms with Gasteiger partial charge in [-0.25, -0.2) is 8.42 Å². The van der Waals surface area contributed by atoms with Gasteiger partial charge < -0.3 is 5.32 Å². The molecule has 1 aromatic carbocycles. The molecule has 0 bridgehead atoms. The lowest BCUT2D eigenvalue weighted by molar-refractivity contribution is -0.137. The van der Waals surface area contributed by atoms with E-state index in [-0.39, 0.29) is 30.0 Å².